The van der Waals surface area contributed by atoms with E-state index >= 15 is 0 Å². The predicted octanol–water partition coefficient (Wildman–Crippen LogP) is 0.316. The molecule has 0 spiro atoms. The van der Waals surface area contributed by atoms with Crippen LogP contribution in [0, 0.1) is 0 Å². The summed E-state index contributed by atoms with van der Waals surface area (Å²) in [6, 6.07) is 0.343. The molecule has 0 aliphatic heterocycles. The number of esters is 1. The predicted molar refractivity (Wildman–Crippen MR) is 64.4 cm³/mol. The smallest absolute Gasteiger partial charge is 0.320 e. The molecule has 17 heavy (non-hydrogen) atoms. The summed E-state index contributed by atoms with van der Waals surface area (Å²) >= 11 is 0. The van der Waals surface area contributed by atoms with Gasteiger partial charge in [-0.1, -0.05) is 6.08 Å². The Hall–Kier alpha value is -1.36. The van der Waals surface area contributed by atoms with Crippen molar-refractivity contribution in [3.63, 3.8) is 0 Å². The summed E-state index contributed by atoms with van der Waals surface area (Å²) < 4.78 is 4.85. The molecule has 0 heterocycles. The molecule has 1 aliphatic carbocycles. The van der Waals surface area contributed by atoms with Crippen LogP contribution >= 0.6 is 0 Å². The standard InChI is InChI=1S/C12H20N2O3/c1-3-7-14(9-12(16)17-4-2)8-11(15)13-10-5-6-10/h3,10H,1,4-9H2,2H3,(H,13,15). The van der Waals surface area contributed by atoms with Crippen molar-refractivity contribution in [1.29, 1.82) is 0 Å². The minimum absolute atomic E-state index is 0.0429. The molecule has 0 saturated heterocycles. The Kier molecular flexibility index (Phi) is 5.69. The van der Waals surface area contributed by atoms with Crippen molar-refractivity contribution in [3.8, 4) is 0 Å². The van der Waals surface area contributed by atoms with E-state index in [1.165, 1.54) is 0 Å². The van der Waals surface area contributed by atoms with Crippen LogP contribution in [0.3, 0.4) is 0 Å². The second kappa shape index (κ2) is 7.06. The molecule has 0 aromatic carbocycles. The molecule has 5 nitrogen and oxygen atoms in total. The van der Waals surface area contributed by atoms with E-state index < -0.39 is 0 Å². The number of hydrogen-bond acceptors (Lipinski definition) is 4. The second-order valence-electron chi connectivity index (χ2n) is 4.11. The lowest BCUT2D eigenvalue weighted by Gasteiger charge is -2.18. The molecule has 0 unspecified atom stereocenters. The Balaban J connectivity index is 2.32. The zero-order valence-corrected chi connectivity index (χ0v) is 10.3. The molecular formula is C12H20N2O3. The van der Waals surface area contributed by atoms with Crippen LogP contribution in [0.1, 0.15) is 19.8 Å². The highest BCUT2D eigenvalue weighted by Gasteiger charge is 2.24. The van der Waals surface area contributed by atoms with Crippen LogP contribution in [-0.4, -0.2) is 49.1 Å². The van der Waals surface area contributed by atoms with Gasteiger partial charge in [-0.3, -0.25) is 14.5 Å². The van der Waals surface area contributed by atoms with Gasteiger partial charge in [0.05, 0.1) is 19.7 Å². The van der Waals surface area contributed by atoms with E-state index in [1.54, 1.807) is 17.9 Å². The van der Waals surface area contributed by atoms with Gasteiger partial charge in [-0.15, -0.1) is 6.58 Å². The van der Waals surface area contributed by atoms with Gasteiger partial charge in [-0.05, 0) is 19.8 Å². The van der Waals surface area contributed by atoms with Crippen molar-refractivity contribution in [2.45, 2.75) is 25.8 Å². The molecule has 1 N–H and O–H groups in total. The number of carbonyl (C=O) groups is 2. The fraction of sp³-hybridized carbons (Fsp3) is 0.667. The van der Waals surface area contributed by atoms with Gasteiger partial charge in [0.2, 0.25) is 5.91 Å². The van der Waals surface area contributed by atoms with Crippen LogP contribution in [0.15, 0.2) is 12.7 Å². The molecule has 0 aromatic heterocycles. The first-order valence-corrected chi connectivity index (χ1v) is 5.94. The second-order valence-corrected chi connectivity index (χ2v) is 4.11. The summed E-state index contributed by atoms with van der Waals surface area (Å²) in [5.74, 6) is -0.354. The lowest BCUT2D eigenvalue weighted by atomic mass is 10.4. The quantitative estimate of drug-likeness (QED) is 0.490. The van der Waals surface area contributed by atoms with Crippen molar-refractivity contribution in [2.75, 3.05) is 26.2 Å². The van der Waals surface area contributed by atoms with E-state index in [2.05, 4.69) is 11.9 Å². The zero-order valence-electron chi connectivity index (χ0n) is 10.3. The lowest BCUT2D eigenvalue weighted by Crippen LogP contribution is -2.41. The minimum Gasteiger partial charge on any atom is -0.465 e. The van der Waals surface area contributed by atoms with E-state index in [0.717, 1.165) is 12.8 Å². The molecule has 1 rings (SSSR count). The Morgan fingerprint density at radius 2 is 2.18 bits per heavy atom. The van der Waals surface area contributed by atoms with E-state index in [1.807, 2.05) is 0 Å². The molecule has 0 atom stereocenters. The van der Waals surface area contributed by atoms with Crippen LogP contribution in [0.25, 0.3) is 0 Å². The zero-order chi connectivity index (χ0) is 12.7. The maximum absolute atomic E-state index is 11.6. The van der Waals surface area contributed by atoms with E-state index in [-0.39, 0.29) is 25.0 Å². The van der Waals surface area contributed by atoms with Gasteiger partial charge < -0.3 is 10.1 Å². The van der Waals surface area contributed by atoms with Crippen molar-refractivity contribution in [3.05, 3.63) is 12.7 Å². The Morgan fingerprint density at radius 1 is 1.47 bits per heavy atom. The Bertz CT molecular complexity index is 287. The third kappa shape index (κ3) is 6.06. The molecule has 1 fully saturated rings. The third-order valence-corrected chi connectivity index (χ3v) is 2.36. The number of ether oxygens (including phenoxy) is 1. The number of nitrogens with one attached hydrogen (secondary N) is 1. The van der Waals surface area contributed by atoms with E-state index in [0.29, 0.717) is 19.2 Å². The fourth-order valence-electron chi connectivity index (χ4n) is 1.46. The van der Waals surface area contributed by atoms with Crippen LogP contribution in [-0.2, 0) is 14.3 Å². The molecule has 1 amide bonds. The number of carbonyl (C=O) groups excluding carboxylic acids is 2. The summed E-state index contributed by atoms with van der Waals surface area (Å²) in [6.07, 6.45) is 3.79. The maximum atomic E-state index is 11.6. The van der Waals surface area contributed by atoms with E-state index in [9.17, 15) is 9.59 Å². The first-order valence-electron chi connectivity index (χ1n) is 5.94. The van der Waals surface area contributed by atoms with Crippen LogP contribution in [0.4, 0.5) is 0 Å². The lowest BCUT2D eigenvalue weighted by molar-refractivity contribution is -0.144. The summed E-state index contributed by atoms with van der Waals surface area (Å²) in [5.41, 5.74) is 0. The third-order valence-electron chi connectivity index (χ3n) is 2.36. The summed E-state index contributed by atoms with van der Waals surface area (Å²) in [7, 11) is 0. The highest BCUT2D eigenvalue weighted by Crippen LogP contribution is 2.18. The SMILES string of the molecule is C=CCN(CC(=O)NC1CC1)CC(=O)OCC. The topological polar surface area (TPSA) is 58.6 Å². The Labute approximate surface area is 102 Å². The summed E-state index contributed by atoms with van der Waals surface area (Å²) in [4.78, 5) is 24.6. The molecular weight excluding hydrogens is 220 g/mol. The molecule has 1 saturated carbocycles. The Morgan fingerprint density at radius 3 is 2.71 bits per heavy atom. The number of nitrogens with zero attached hydrogens (tertiary/aromatic N) is 1. The van der Waals surface area contributed by atoms with Crippen LogP contribution in [0.2, 0.25) is 0 Å². The summed E-state index contributed by atoms with van der Waals surface area (Å²) in [5, 5.41) is 2.88. The first kappa shape index (κ1) is 13.7. The number of rotatable bonds is 8. The molecule has 5 heteroatoms. The molecule has 96 valence electrons. The highest BCUT2D eigenvalue weighted by molar-refractivity contribution is 5.79. The minimum atomic E-state index is -0.312. The van der Waals surface area contributed by atoms with Crippen molar-refractivity contribution >= 4 is 11.9 Å². The fourth-order valence-corrected chi connectivity index (χ4v) is 1.46. The van der Waals surface area contributed by atoms with Gasteiger partial charge in [0, 0.05) is 12.6 Å². The number of amides is 1. The normalized spacial score (nSPS) is 14.5. The molecule has 0 aromatic rings. The van der Waals surface area contributed by atoms with Crippen molar-refractivity contribution < 1.29 is 14.3 Å². The maximum Gasteiger partial charge on any atom is 0.320 e. The van der Waals surface area contributed by atoms with Crippen molar-refractivity contribution in [1.82, 2.24) is 10.2 Å². The van der Waals surface area contributed by atoms with Gasteiger partial charge in [0.15, 0.2) is 0 Å². The van der Waals surface area contributed by atoms with Crippen LogP contribution in [0.5, 0.6) is 0 Å². The molecule has 1 aliphatic rings. The largest absolute Gasteiger partial charge is 0.465 e. The summed E-state index contributed by atoms with van der Waals surface area (Å²) in [6.45, 7) is 6.55. The molecule has 0 bridgehead atoms. The average Bonchev–Trinajstić information content (AvgIpc) is 3.01. The van der Waals surface area contributed by atoms with Gasteiger partial charge in [0.1, 0.15) is 0 Å². The van der Waals surface area contributed by atoms with Gasteiger partial charge in [0.25, 0.3) is 0 Å². The first-order chi connectivity index (χ1) is 8.15. The van der Waals surface area contributed by atoms with Crippen LogP contribution < -0.4 is 5.32 Å². The molecule has 0 radical (unpaired) electrons. The monoisotopic (exact) mass is 240 g/mol. The van der Waals surface area contributed by atoms with Gasteiger partial charge in [-0.25, -0.2) is 0 Å². The number of hydrogen-bond donors (Lipinski definition) is 1. The average molecular weight is 240 g/mol. The van der Waals surface area contributed by atoms with Gasteiger partial charge >= 0.3 is 5.97 Å². The van der Waals surface area contributed by atoms with Gasteiger partial charge in [-0.2, -0.15) is 0 Å². The van der Waals surface area contributed by atoms with Crippen molar-refractivity contribution in [2.24, 2.45) is 0 Å². The van der Waals surface area contributed by atoms with E-state index in [4.69, 9.17) is 4.74 Å². The highest BCUT2D eigenvalue weighted by atomic mass is 16.5.